The zero-order valence-corrected chi connectivity index (χ0v) is 13.0. The topological polar surface area (TPSA) is 66.4 Å². The van der Waals surface area contributed by atoms with Gasteiger partial charge in [-0.2, -0.15) is 0 Å². The third-order valence-electron chi connectivity index (χ3n) is 3.20. The average molecular weight is 306 g/mol. The molecule has 1 rings (SSSR count). The molecule has 0 saturated heterocycles. The van der Waals surface area contributed by atoms with Crippen LogP contribution in [0.1, 0.15) is 32.3 Å². The van der Waals surface area contributed by atoms with Gasteiger partial charge in [-0.05, 0) is 44.4 Å². The van der Waals surface area contributed by atoms with Gasteiger partial charge in [-0.1, -0.05) is 24.6 Å². The highest BCUT2D eigenvalue weighted by atomic mass is 35.5. The number of sulfonamides is 1. The molecule has 0 aliphatic carbocycles. The molecule has 2 N–H and O–H groups in total. The lowest BCUT2D eigenvalue weighted by Gasteiger charge is -2.28. The van der Waals surface area contributed by atoms with E-state index in [1.165, 1.54) is 6.07 Å². The zero-order chi connectivity index (χ0) is 14.7. The molecule has 108 valence electrons. The van der Waals surface area contributed by atoms with Gasteiger partial charge in [0.15, 0.2) is 0 Å². The van der Waals surface area contributed by atoms with E-state index in [1.807, 2.05) is 13.8 Å². The first-order valence-corrected chi connectivity index (χ1v) is 8.01. The Morgan fingerprint density at radius 1 is 1.42 bits per heavy atom. The molecule has 0 aromatic heterocycles. The highest BCUT2D eigenvalue weighted by Crippen LogP contribution is 2.25. The fourth-order valence-electron chi connectivity index (χ4n) is 1.75. The average Bonchev–Trinajstić information content (AvgIpc) is 2.27. The quantitative estimate of drug-likeness (QED) is 0.848. The van der Waals surface area contributed by atoms with Crippen molar-refractivity contribution in [2.45, 2.75) is 44.0 Å². The van der Waals surface area contributed by atoms with Crippen LogP contribution in [0, 0.1) is 6.92 Å². The lowest BCUT2D eigenvalue weighted by molar-refractivity contribution is 0.233. The lowest BCUT2D eigenvalue weighted by atomic mass is 9.97. The van der Waals surface area contributed by atoms with E-state index in [0.717, 1.165) is 5.56 Å². The number of hydrogen-bond acceptors (Lipinski definition) is 3. The van der Waals surface area contributed by atoms with Crippen LogP contribution in [0.15, 0.2) is 23.1 Å². The van der Waals surface area contributed by atoms with E-state index in [0.29, 0.717) is 12.8 Å². The molecule has 0 amide bonds. The normalized spacial score (nSPS) is 15.2. The Morgan fingerprint density at radius 3 is 2.53 bits per heavy atom. The summed E-state index contributed by atoms with van der Waals surface area (Å²) < 4.78 is 27.3. The molecule has 0 spiro atoms. The van der Waals surface area contributed by atoms with Crippen molar-refractivity contribution < 1.29 is 13.5 Å². The Morgan fingerprint density at radius 2 is 2.05 bits per heavy atom. The van der Waals surface area contributed by atoms with Crippen molar-refractivity contribution in [3.05, 3.63) is 28.8 Å². The summed E-state index contributed by atoms with van der Waals surface area (Å²) in [7, 11) is -3.69. The number of hydrogen-bond donors (Lipinski definition) is 2. The van der Waals surface area contributed by atoms with Gasteiger partial charge in [0.25, 0.3) is 0 Å². The minimum absolute atomic E-state index is 0.0670. The molecule has 6 heteroatoms. The Kier molecular flexibility index (Phi) is 5.38. The summed E-state index contributed by atoms with van der Waals surface area (Å²) >= 11 is 5.99. The number of nitrogens with one attached hydrogen (secondary N) is 1. The first-order chi connectivity index (χ1) is 8.74. The van der Waals surface area contributed by atoms with E-state index >= 15 is 0 Å². The van der Waals surface area contributed by atoms with Gasteiger partial charge in [0.05, 0.1) is 5.02 Å². The zero-order valence-electron chi connectivity index (χ0n) is 11.4. The second-order valence-corrected chi connectivity index (χ2v) is 6.99. The number of aryl methyl sites for hydroxylation is 1. The summed E-state index contributed by atoms with van der Waals surface area (Å²) in [6, 6.07) is 4.82. The van der Waals surface area contributed by atoms with Crippen LogP contribution < -0.4 is 4.72 Å². The first-order valence-electron chi connectivity index (χ1n) is 6.15. The molecular formula is C13H20ClNO3S. The summed E-state index contributed by atoms with van der Waals surface area (Å²) in [5.74, 6) is 0. The fraction of sp³-hybridized carbons (Fsp3) is 0.538. The number of aliphatic hydroxyl groups is 1. The Balaban J connectivity index is 3.10. The highest BCUT2D eigenvalue weighted by Gasteiger charge is 2.29. The van der Waals surface area contributed by atoms with Gasteiger partial charge >= 0.3 is 0 Å². The second kappa shape index (κ2) is 6.22. The molecule has 1 atom stereocenters. The van der Waals surface area contributed by atoms with Gasteiger partial charge in [-0.15, -0.1) is 0 Å². The molecule has 0 bridgehead atoms. The first kappa shape index (κ1) is 16.4. The summed E-state index contributed by atoms with van der Waals surface area (Å²) in [6.07, 6.45) is 0.933. The highest BCUT2D eigenvalue weighted by molar-refractivity contribution is 7.89. The number of aliphatic hydroxyl groups excluding tert-OH is 1. The third-order valence-corrected chi connectivity index (χ3v) is 5.32. The molecule has 4 nitrogen and oxygen atoms in total. The van der Waals surface area contributed by atoms with Gasteiger partial charge in [0.1, 0.15) is 4.90 Å². The minimum Gasteiger partial charge on any atom is -0.396 e. The van der Waals surface area contributed by atoms with Crippen LogP contribution in [0.3, 0.4) is 0 Å². The molecule has 1 aromatic rings. The van der Waals surface area contributed by atoms with Crippen LogP contribution in [0.25, 0.3) is 0 Å². The van der Waals surface area contributed by atoms with Gasteiger partial charge < -0.3 is 5.11 Å². The molecule has 19 heavy (non-hydrogen) atoms. The van der Waals surface area contributed by atoms with Crippen LogP contribution in [0.5, 0.6) is 0 Å². The molecule has 0 fully saturated rings. The van der Waals surface area contributed by atoms with E-state index < -0.39 is 15.6 Å². The maximum absolute atomic E-state index is 12.3. The predicted octanol–water partition coefficient (Wildman–Crippen LogP) is 2.48. The van der Waals surface area contributed by atoms with Crippen molar-refractivity contribution >= 4 is 21.6 Å². The molecule has 0 aliphatic heterocycles. The van der Waals surface area contributed by atoms with E-state index in [-0.39, 0.29) is 16.5 Å². The van der Waals surface area contributed by atoms with Crippen molar-refractivity contribution in [2.24, 2.45) is 0 Å². The maximum Gasteiger partial charge on any atom is 0.242 e. The van der Waals surface area contributed by atoms with Crippen LogP contribution in [-0.2, 0) is 10.0 Å². The van der Waals surface area contributed by atoms with E-state index in [9.17, 15) is 8.42 Å². The van der Waals surface area contributed by atoms with Gasteiger partial charge in [-0.3, -0.25) is 0 Å². The van der Waals surface area contributed by atoms with Crippen molar-refractivity contribution in [2.75, 3.05) is 6.61 Å². The van der Waals surface area contributed by atoms with Gasteiger partial charge in [0.2, 0.25) is 10.0 Å². The largest absolute Gasteiger partial charge is 0.396 e. The van der Waals surface area contributed by atoms with E-state index in [2.05, 4.69) is 4.72 Å². The Bertz CT molecular complexity index is 545. The Labute approximate surface area is 119 Å². The summed E-state index contributed by atoms with van der Waals surface area (Å²) in [5, 5.41) is 9.23. The second-order valence-electron chi connectivity index (χ2n) is 4.93. The number of halogens is 1. The smallest absolute Gasteiger partial charge is 0.242 e. The summed E-state index contributed by atoms with van der Waals surface area (Å²) in [5.41, 5.74) is 0.222. The maximum atomic E-state index is 12.3. The molecule has 0 aliphatic rings. The molecular weight excluding hydrogens is 286 g/mol. The molecule has 1 unspecified atom stereocenters. The SMILES string of the molecule is CCC(C)(CCO)NS(=O)(=O)c1ccc(C)cc1Cl. The monoisotopic (exact) mass is 305 g/mol. The van der Waals surface area contributed by atoms with E-state index in [4.69, 9.17) is 16.7 Å². The van der Waals surface area contributed by atoms with Crippen molar-refractivity contribution in [1.82, 2.24) is 4.72 Å². The van der Waals surface area contributed by atoms with Crippen molar-refractivity contribution in [1.29, 1.82) is 0 Å². The van der Waals surface area contributed by atoms with Crippen LogP contribution in [0.4, 0.5) is 0 Å². The number of benzene rings is 1. The lowest BCUT2D eigenvalue weighted by Crippen LogP contribution is -2.46. The van der Waals surface area contributed by atoms with Crippen LogP contribution >= 0.6 is 11.6 Å². The van der Waals surface area contributed by atoms with Gasteiger partial charge in [-0.25, -0.2) is 13.1 Å². The van der Waals surface area contributed by atoms with Crippen LogP contribution in [-0.4, -0.2) is 25.7 Å². The fourth-order valence-corrected chi connectivity index (χ4v) is 3.86. The summed E-state index contributed by atoms with van der Waals surface area (Å²) in [6.45, 7) is 5.41. The predicted molar refractivity (Wildman–Crippen MR) is 76.9 cm³/mol. The third kappa shape index (κ3) is 4.18. The van der Waals surface area contributed by atoms with Crippen molar-refractivity contribution in [3.63, 3.8) is 0 Å². The van der Waals surface area contributed by atoms with E-state index in [1.54, 1.807) is 19.1 Å². The van der Waals surface area contributed by atoms with Gasteiger partial charge in [0, 0.05) is 12.1 Å². The molecule has 0 radical (unpaired) electrons. The number of rotatable bonds is 6. The minimum atomic E-state index is -3.69. The summed E-state index contributed by atoms with van der Waals surface area (Å²) in [4.78, 5) is 0.0670. The molecule has 0 saturated carbocycles. The standard InChI is InChI=1S/C13H20ClNO3S/c1-4-13(3,7-8-16)15-19(17,18)12-6-5-10(2)9-11(12)14/h5-6,9,15-16H,4,7-8H2,1-3H3. The molecule has 0 heterocycles. The molecule has 1 aromatic carbocycles. The van der Waals surface area contributed by atoms with Crippen LogP contribution in [0.2, 0.25) is 5.02 Å². The van der Waals surface area contributed by atoms with Crippen molar-refractivity contribution in [3.8, 4) is 0 Å². The Hall–Kier alpha value is -0.620.